The Labute approximate surface area is 108 Å². The molecule has 4 heteroatoms. The minimum atomic E-state index is 0.282. The highest BCUT2D eigenvalue weighted by molar-refractivity contribution is 9.10. The molecular formula is C12H13BrN2S. The van der Waals surface area contributed by atoms with Gasteiger partial charge in [0.2, 0.25) is 0 Å². The van der Waals surface area contributed by atoms with Gasteiger partial charge in [0.05, 0.1) is 17.2 Å². The molecule has 16 heavy (non-hydrogen) atoms. The Morgan fingerprint density at radius 3 is 2.88 bits per heavy atom. The van der Waals surface area contributed by atoms with E-state index in [0.29, 0.717) is 0 Å². The predicted molar refractivity (Wildman–Crippen MR) is 71.8 cm³/mol. The SMILES string of the molecule is CNC(Cc1ccccc1Br)c1cscn1. The van der Waals surface area contributed by atoms with E-state index in [1.165, 1.54) is 5.56 Å². The summed E-state index contributed by atoms with van der Waals surface area (Å²) in [6.45, 7) is 0. The fourth-order valence-corrected chi connectivity index (χ4v) is 2.69. The predicted octanol–water partition coefficient (Wildman–Crippen LogP) is 3.41. The molecule has 0 amide bonds. The molecule has 0 aliphatic carbocycles. The van der Waals surface area contributed by atoms with Gasteiger partial charge in [0.15, 0.2) is 0 Å². The van der Waals surface area contributed by atoms with Gasteiger partial charge in [-0.05, 0) is 25.1 Å². The lowest BCUT2D eigenvalue weighted by atomic mass is 10.0. The van der Waals surface area contributed by atoms with E-state index < -0.39 is 0 Å². The third-order valence-electron chi connectivity index (χ3n) is 2.54. The van der Waals surface area contributed by atoms with Gasteiger partial charge in [0.25, 0.3) is 0 Å². The van der Waals surface area contributed by atoms with Gasteiger partial charge in [-0.2, -0.15) is 0 Å². The maximum Gasteiger partial charge on any atom is 0.0795 e. The van der Waals surface area contributed by atoms with Gasteiger partial charge in [-0.1, -0.05) is 34.1 Å². The van der Waals surface area contributed by atoms with Crippen molar-refractivity contribution in [2.24, 2.45) is 0 Å². The van der Waals surface area contributed by atoms with Gasteiger partial charge >= 0.3 is 0 Å². The number of likely N-dealkylation sites (N-methyl/N-ethyl adjacent to an activating group) is 1. The number of hydrogen-bond donors (Lipinski definition) is 1. The van der Waals surface area contributed by atoms with Crippen molar-refractivity contribution in [3.05, 3.63) is 50.9 Å². The molecule has 1 aromatic heterocycles. The average molecular weight is 297 g/mol. The maximum absolute atomic E-state index is 4.35. The largest absolute Gasteiger partial charge is 0.311 e. The van der Waals surface area contributed by atoms with Crippen LogP contribution in [0.1, 0.15) is 17.3 Å². The molecule has 2 nitrogen and oxygen atoms in total. The van der Waals surface area contributed by atoms with E-state index in [-0.39, 0.29) is 6.04 Å². The molecule has 1 aromatic carbocycles. The number of aromatic nitrogens is 1. The Balaban J connectivity index is 2.17. The molecule has 2 rings (SSSR count). The highest BCUT2D eigenvalue weighted by atomic mass is 79.9. The topological polar surface area (TPSA) is 24.9 Å². The van der Waals surface area contributed by atoms with E-state index in [2.05, 4.69) is 49.8 Å². The lowest BCUT2D eigenvalue weighted by molar-refractivity contribution is 0.578. The Kier molecular flexibility index (Phi) is 4.09. The number of hydrogen-bond acceptors (Lipinski definition) is 3. The first-order chi connectivity index (χ1) is 7.81. The maximum atomic E-state index is 4.35. The minimum Gasteiger partial charge on any atom is -0.311 e. The van der Waals surface area contributed by atoms with Crippen LogP contribution in [0, 0.1) is 0 Å². The number of thiazole rings is 1. The van der Waals surface area contributed by atoms with Gasteiger partial charge in [0, 0.05) is 9.85 Å². The van der Waals surface area contributed by atoms with Crippen LogP contribution in [0.25, 0.3) is 0 Å². The van der Waals surface area contributed by atoms with Crippen molar-refractivity contribution in [1.82, 2.24) is 10.3 Å². The quantitative estimate of drug-likeness (QED) is 0.935. The van der Waals surface area contributed by atoms with E-state index in [4.69, 9.17) is 0 Å². The average Bonchev–Trinajstić information content (AvgIpc) is 2.81. The van der Waals surface area contributed by atoms with Crippen molar-refractivity contribution in [2.45, 2.75) is 12.5 Å². The summed E-state index contributed by atoms with van der Waals surface area (Å²) in [5.74, 6) is 0. The lowest BCUT2D eigenvalue weighted by Crippen LogP contribution is -2.19. The van der Waals surface area contributed by atoms with Crippen LogP contribution < -0.4 is 5.32 Å². The molecule has 2 aromatic rings. The van der Waals surface area contributed by atoms with Crippen molar-refractivity contribution in [3.8, 4) is 0 Å². The normalized spacial score (nSPS) is 12.6. The van der Waals surface area contributed by atoms with Crippen LogP contribution in [-0.4, -0.2) is 12.0 Å². The molecule has 1 atom stereocenters. The van der Waals surface area contributed by atoms with Crippen molar-refractivity contribution >= 4 is 27.3 Å². The van der Waals surface area contributed by atoms with Gasteiger partial charge in [0.1, 0.15) is 0 Å². The number of benzene rings is 1. The lowest BCUT2D eigenvalue weighted by Gasteiger charge is -2.14. The van der Waals surface area contributed by atoms with Crippen LogP contribution in [0.3, 0.4) is 0 Å². The van der Waals surface area contributed by atoms with E-state index >= 15 is 0 Å². The van der Waals surface area contributed by atoms with Gasteiger partial charge in [-0.15, -0.1) is 11.3 Å². The molecule has 0 saturated heterocycles. The molecule has 0 aliphatic rings. The number of rotatable bonds is 4. The van der Waals surface area contributed by atoms with Crippen LogP contribution in [-0.2, 0) is 6.42 Å². The van der Waals surface area contributed by atoms with Crippen LogP contribution in [0.5, 0.6) is 0 Å². The van der Waals surface area contributed by atoms with E-state index in [0.717, 1.165) is 16.6 Å². The molecule has 1 heterocycles. The zero-order chi connectivity index (χ0) is 11.4. The fourth-order valence-electron chi connectivity index (χ4n) is 1.63. The molecular weight excluding hydrogens is 284 g/mol. The summed E-state index contributed by atoms with van der Waals surface area (Å²) in [4.78, 5) is 4.35. The first kappa shape index (κ1) is 11.8. The molecule has 0 saturated carbocycles. The molecule has 84 valence electrons. The smallest absolute Gasteiger partial charge is 0.0795 e. The van der Waals surface area contributed by atoms with Crippen molar-refractivity contribution in [3.63, 3.8) is 0 Å². The van der Waals surface area contributed by atoms with Crippen LogP contribution in [0.15, 0.2) is 39.6 Å². The molecule has 0 spiro atoms. The summed E-state index contributed by atoms with van der Waals surface area (Å²) in [6.07, 6.45) is 0.946. The minimum absolute atomic E-state index is 0.282. The second kappa shape index (κ2) is 5.57. The van der Waals surface area contributed by atoms with Crippen LogP contribution in [0.4, 0.5) is 0 Å². The van der Waals surface area contributed by atoms with Crippen LogP contribution >= 0.6 is 27.3 Å². The van der Waals surface area contributed by atoms with Gasteiger partial charge in [-0.25, -0.2) is 4.98 Å². The Bertz CT molecular complexity index is 442. The van der Waals surface area contributed by atoms with Gasteiger partial charge in [-0.3, -0.25) is 0 Å². The van der Waals surface area contributed by atoms with Gasteiger partial charge < -0.3 is 5.32 Å². The van der Waals surface area contributed by atoms with E-state index in [1.54, 1.807) is 11.3 Å². The zero-order valence-electron chi connectivity index (χ0n) is 8.98. The van der Waals surface area contributed by atoms with E-state index in [9.17, 15) is 0 Å². The number of nitrogens with one attached hydrogen (secondary N) is 1. The summed E-state index contributed by atoms with van der Waals surface area (Å²) in [5.41, 5.74) is 4.29. The molecule has 0 radical (unpaired) electrons. The van der Waals surface area contributed by atoms with Crippen LogP contribution in [0.2, 0.25) is 0 Å². The Hall–Kier alpha value is -0.710. The Morgan fingerprint density at radius 2 is 2.25 bits per heavy atom. The van der Waals surface area contributed by atoms with Crippen molar-refractivity contribution in [1.29, 1.82) is 0 Å². The molecule has 0 bridgehead atoms. The summed E-state index contributed by atoms with van der Waals surface area (Å²) in [5, 5.41) is 5.40. The molecule has 1 N–H and O–H groups in total. The third-order valence-corrected chi connectivity index (χ3v) is 3.92. The van der Waals surface area contributed by atoms with Crippen molar-refractivity contribution < 1.29 is 0 Å². The Morgan fingerprint density at radius 1 is 1.44 bits per heavy atom. The zero-order valence-corrected chi connectivity index (χ0v) is 11.4. The monoisotopic (exact) mass is 296 g/mol. The second-order valence-electron chi connectivity index (χ2n) is 3.55. The second-order valence-corrected chi connectivity index (χ2v) is 5.12. The first-order valence-electron chi connectivity index (χ1n) is 5.10. The molecule has 0 aliphatic heterocycles. The molecule has 1 unspecified atom stereocenters. The summed E-state index contributed by atoms with van der Waals surface area (Å²) in [7, 11) is 1.97. The summed E-state index contributed by atoms with van der Waals surface area (Å²) in [6, 6.07) is 8.59. The number of nitrogens with zero attached hydrogens (tertiary/aromatic N) is 1. The van der Waals surface area contributed by atoms with Crippen molar-refractivity contribution in [2.75, 3.05) is 7.05 Å². The standard InChI is InChI=1S/C12H13BrN2S/c1-14-11(12-7-16-8-15-12)6-9-4-2-3-5-10(9)13/h2-5,7-8,11,14H,6H2,1H3. The first-order valence-corrected chi connectivity index (χ1v) is 6.83. The number of halogens is 1. The van der Waals surface area contributed by atoms with E-state index in [1.807, 2.05) is 18.6 Å². The molecule has 0 fully saturated rings. The fraction of sp³-hybridized carbons (Fsp3) is 0.250. The third kappa shape index (κ3) is 2.70. The summed E-state index contributed by atoms with van der Waals surface area (Å²) >= 11 is 5.21. The highest BCUT2D eigenvalue weighted by Crippen LogP contribution is 2.23. The highest BCUT2D eigenvalue weighted by Gasteiger charge is 2.13. The summed E-state index contributed by atoms with van der Waals surface area (Å²) < 4.78 is 1.16.